The summed E-state index contributed by atoms with van der Waals surface area (Å²) in [6.45, 7) is 0. The van der Waals surface area contributed by atoms with E-state index in [1.54, 1.807) is 24.3 Å². The molecule has 0 bridgehead atoms. The third kappa shape index (κ3) is 3.93. The number of nitrogens with one attached hydrogen (secondary N) is 3. The fourth-order valence-electron chi connectivity index (χ4n) is 3.35. The molecule has 24 heavy (non-hydrogen) atoms. The Balaban J connectivity index is 1.61. The number of hydrogen-bond donors (Lipinski definition) is 3. The highest BCUT2D eigenvalue weighted by Crippen LogP contribution is 2.20. The molecule has 1 atom stereocenters. The molecule has 3 amide bonds. The van der Waals surface area contributed by atoms with Crippen LogP contribution in [0.15, 0.2) is 24.3 Å². The maximum atomic E-state index is 12.3. The lowest BCUT2D eigenvalue weighted by Crippen LogP contribution is -2.46. The van der Waals surface area contributed by atoms with Crippen LogP contribution >= 0.6 is 0 Å². The number of carbonyl (C=O) groups excluding carboxylic acids is 3. The number of rotatable bonds is 3. The van der Waals surface area contributed by atoms with Gasteiger partial charge in [-0.25, -0.2) is 0 Å². The van der Waals surface area contributed by atoms with Gasteiger partial charge in [0.05, 0.1) is 17.7 Å². The van der Waals surface area contributed by atoms with Gasteiger partial charge in [-0.05, 0) is 25.0 Å². The van der Waals surface area contributed by atoms with Crippen LogP contribution in [0.2, 0.25) is 0 Å². The summed E-state index contributed by atoms with van der Waals surface area (Å²) in [5, 5.41) is 8.39. The molecular formula is C18H23N3O3. The Labute approximate surface area is 141 Å². The summed E-state index contributed by atoms with van der Waals surface area (Å²) in [5.74, 6) is -0.881. The minimum absolute atomic E-state index is 0.0396. The number of benzene rings is 1. The van der Waals surface area contributed by atoms with Gasteiger partial charge in [-0.3, -0.25) is 14.4 Å². The molecule has 0 spiro atoms. The Morgan fingerprint density at radius 1 is 1.08 bits per heavy atom. The number of carbonyl (C=O) groups is 3. The number of fused-ring (bicyclic) bond motifs is 1. The minimum atomic E-state index is -0.851. The monoisotopic (exact) mass is 329 g/mol. The van der Waals surface area contributed by atoms with E-state index in [9.17, 15) is 14.4 Å². The Morgan fingerprint density at radius 3 is 2.54 bits per heavy atom. The zero-order valence-electron chi connectivity index (χ0n) is 13.6. The van der Waals surface area contributed by atoms with Gasteiger partial charge in [0, 0.05) is 6.04 Å². The lowest BCUT2D eigenvalue weighted by atomic mass is 10.1. The van der Waals surface area contributed by atoms with Gasteiger partial charge in [-0.2, -0.15) is 0 Å². The molecule has 1 aromatic rings. The van der Waals surface area contributed by atoms with Crippen LogP contribution in [0.1, 0.15) is 55.3 Å². The van der Waals surface area contributed by atoms with Gasteiger partial charge in [0.25, 0.3) is 5.91 Å². The number of amides is 3. The van der Waals surface area contributed by atoms with Crippen LogP contribution in [0.4, 0.5) is 5.69 Å². The first-order chi connectivity index (χ1) is 11.6. The Hall–Kier alpha value is -2.37. The molecule has 0 unspecified atom stereocenters. The average Bonchev–Trinajstić information content (AvgIpc) is 2.88. The van der Waals surface area contributed by atoms with E-state index >= 15 is 0 Å². The summed E-state index contributed by atoms with van der Waals surface area (Å²) in [5.41, 5.74) is 0.893. The van der Waals surface area contributed by atoms with Gasteiger partial charge in [-0.1, -0.05) is 37.8 Å². The van der Waals surface area contributed by atoms with E-state index in [0.717, 1.165) is 25.7 Å². The Bertz CT molecular complexity index is 636. The maximum Gasteiger partial charge on any atom is 0.254 e. The Kier molecular flexibility index (Phi) is 5.13. The fraction of sp³-hybridized carbons (Fsp3) is 0.500. The van der Waals surface area contributed by atoms with Crippen LogP contribution < -0.4 is 16.0 Å². The molecule has 1 aromatic carbocycles. The summed E-state index contributed by atoms with van der Waals surface area (Å²) in [6.07, 6.45) is 6.61. The van der Waals surface area contributed by atoms with Crippen LogP contribution in [-0.4, -0.2) is 29.8 Å². The van der Waals surface area contributed by atoms with Crippen molar-refractivity contribution in [2.75, 3.05) is 5.32 Å². The zero-order valence-corrected chi connectivity index (χ0v) is 13.6. The second kappa shape index (κ2) is 7.47. The predicted octanol–water partition coefficient (Wildman–Crippen LogP) is 1.97. The molecule has 1 aliphatic carbocycles. The molecule has 1 fully saturated rings. The number of para-hydroxylation sites is 1. The van der Waals surface area contributed by atoms with Gasteiger partial charge in [0.15, 0.2) is 0 Å². The van der Waals surface area contributed by atoms with Gasteiger partial charge in [0.2, 0.25) is 11.8 Å². The van der Waals surface area contributed by atoms with E-state index in [1.165, 1.54) is 12.8 Å². The maximum absolute atomic E-state index is 12.3. The summed E-state index contributed by atoms with van der Waals surface area (Å²) in [7, 11) is 0. The molecule has 6 nitrogen and oxygen atoms in total. The third-order valence-corrected chi connectivity index (χ3v) is 4.66. The van der Waals surface area contributed by atoms with Crippen LogP contribution in [0, 0.1) is 0 Å². The van der Waals surface area contributed by atoms with Crippen molar-refractivity contribution in [3.8, 4) is 0 Å². The average molecular weight is 329 g/mol. The van der Waals surface area contributed by atoms with Crippen molar-refractivity contribution in [3.63, 3.8) is 0 Å². The highest BCUT2D eigenvalue weighted by atomic mass is 16.2. The molecule has 6 heteroatoms. The van der Waals surface area contributed by atoms with E-state index < -0.39 is 6.04 Å². The Morgan fingerprint density at radius 2 is 1.79 bits per heavy atom. The van der Waals surface area contributed by atoms with Crippen molar-refractivity contribution in [1.29, 1.82) is 0 Å². The topological polar surface area (TPSA) is 87.3 Å². The zero-order chi connectivity index (χ0) is 16.9. The van der Waals surface area contributed by atoms with Crippen molar-refractivity contribution >= 4 is 23.4 Å². The molecular weight excluding hydrogens is 306 g/mol. The van der Waals surface area contributed by atoms with Gasteiger partial charge in [0.1, 0.15) is 6.04 Å². The quantitative estimate of drug-likeness (QED) is 0.741. The van der Waals surface area contributed by atoms with Crippen LogP contribution in [0.25, 0.3) is 0 Å². The molecule has 0 aromatic heterocycles. The first-order valence-corrected chi connectivity index (χ1v) is 8.63. The highest BCUT2D eigenvalue weighted by Gasteiger charge is 2.29. The SMILES string of the molecule is O=C(C[C@H]1NC(=O)c2ccccc2NC1=O)NC1CCCCCC1. The smallest absolute Gasteiger partial charge is 0.254 e. The summed E-state index contributed by atoms with van der Waals surface area (Å²) >= 11 is 0. The first kappa shape index (κ1) is 16.5. The molecule has 0 saturated heterocycles. The largest absolute Gasteiger partial charge is 0.353 e. The van der Waals surface area contributed by atoms with Crippen molar-refractivity contribution in [3.05, 3.63) is 29.8 Å². The molecule has 1 saturated carbocycles. The number of anilines is 1. The van der Waals surface area contributed by atoms with Gasteiger partial charge >= 0.3 is 0 Å². The summed E-state index contributed by atoms with van der Waals surface area (Å²) < 4.78 is 0. The third-order valence-electron chi connectivity index (χ3n) is 4.66. The molecule has 3 rings (SSSR count). The molecule has 2 aliphatic rings. The first-order valence-electron chi connectivity index (χ1n) is 8.63. The second-order valence-electron chi connectivity index (χ2n) is 6.52. The molecule has 3 N–H and O–H groups in total. The van der Waals surface area contributed by atoms with Crippen LogP contribution in [-0.2, 0) is 9.59 Å². The predicted molar refractivity (Wildman–Crippen MR) is 90.6 cm³/mol. The normalized spacial score (nSPS) is 21.8. The molecule has 1 aliphatic heterocycles. The second-order valence-corrected chi connectivity index (χ2v) is 6.52. The van der Waals surface area contributed by atoms with E-state index in [-0.39, 0.29) is 30.2 Å². The van der Waals surface area contributed by atoms with Crippen molar-refractivity contribution in [1.82, 2.24) is 10.6 Å². The van der Waals surface area contributed by atoms with E-state index in [1.807, 2.05) is 0 Å². The standard InChI is InChI=1S/C18H23N3O3/c22-16(19-12-7-3-1-2-4-8-12)11-15-18(24)20-14-10-6-5-9-13(14)17(23)21-15/h5-6,9-10,12,15H,1-4,7-8,11H2,(H,19,22)(H,20,24)(H,21,23)/t15-/m1/s1. The van der Waals surface area contributed by atoms with Crippen molar-refractivity contribution in [2.24, 2.45) is 0 Å². The van der Waals surface area contributed by atoms with Crippen LogP contribution in [0.3, 0.4) is 0 Å². The minimum Gasteiger partial charge on any atom is -0.353 e. The summed E-state index contributed by atoms with van der Waals surface area (Å²) in [6, 6.07) is 6.16. The number of hydrogen-bond acceptors (Lipinski definition) is 3. The van der Waals surface area contributed by atoms with Crippen molar-refractivity contribution in [2.45, 2.75) is 57.0 Å². The van der Waals surface area contributed by atoms with Crippen molar-refractivity contribution < 1.29 is 14.4 Å². The molecule has 128 valence electrons. The fourth-order valence-corrected chi connectivity index (χ4v) is 3.35. The lowest BCUT2D eigenvalue weighted by Gasteiger charge is -2.19. The summed E-state index contributed by atoms with van der Waals surface area (Å²) in [4.78, 5) is 36.8. The molecule has 0 radical (unpaired) electrons. The van der Waals surface area contributed by atoms with E-state index in [0.29, 0.717) is 11.3 Å². The van der Waals surface area contributed by atoms with Gasteiger partial charge in [-0.15, -0.1) is 0 Å². The van der Waals surface area contributed by atoms with Crippen LogP contribution in [0.5, 0.6) is 0 Å². The van der Waals surface area contributed by atoms with Gasteiger partial charge < -0.3 is 16.0 Å². The van der Waals surface area contributed by atoms with E-state index in [2.05, 4.69) is 16.0 Å². The highest BCUT2D eigenvalue weighted by molar-refractivity contribution is 6.10. The van der Waals surface area contributed by atoms with E-state index in [4.69, 9.17) is 0 Å². The lowest BCUT2D eigenvalue weighted by molar-refractivity contribution is -0.126. The molecule has 1 heterocycles.